The lowest BCUT2D eigenvalue weighted by Gasteiger charge is -2.24. The highest BCUT2D eigenvalue weighted by molar-refractivity contribution is 8.03. The van der Waals surface area contributed by atoms with Crippen molar-refractivity contribution in [2.24, 2.45) is 0 Å². The molecule has 0 spiro atoms. The third-order valence-corrected chi connectivity index (χ3v) is 4.36. The van der Waals surface area contributed by atoms with Crippen LogP contribution in [0.3, 0.4) is 0 Å². The Kier molecular flexibility index (Phi) is 2.75. The summed E-state index contributed by atoms with van der Waals surface area (Å²) < 4.78 is 5.94. The van der Waals surface area contributed by atoms with Gasteiger partial charge in [-0.15, -0.1) is 0 Å². The second-order valence-corrected chi connectivity index (χ2v) is 5.93. The number of fused-ring (bicyclic) bond motifs is 1. The number of ether oxygens (including phenoxy) is 1. The topological polar surface area (TPSA) is 9.23 Å². The van der Waals surface area contributed by atoms with Gasteiger partial charge in [0.05, 0.1) is 4.90 Å². The largest absolute Gasteiger partial charge is 0.455 e. The quantitative estimate of drug-likeness (QED) is 0.698. The summed E-state index contributed by atoms with van der Waals surface area (Å²) in [6.45, 7) is 4.45. The predicted molar refractivity (Wildman–Crippen MR) is 72.4 cm³/mol. The number of benzene rings is 1. The van der Waals surface area contributed by atoms with E-state index >= 15 is 0 Å². The van der Waals surface area contributed by atoms with E-state index in [2.05, 4.69) is 44.2 Å². The summed E-state index contributed by atoms with van der Waals surface area (Å²) in [6, 6.07) is 6.54. The molecule has 1 nitrogen and oxygen atoms in total. The number of hydrogen-bond acceptors (Lipinski definition) is 2. The van der Waals surface area contributed by atoms with E-state index in [1.807, 2.05) is 11.8 Å². The first-order valence-electron chi connectivity index (χ1n) is 6.13. The second kappa shape index (κ2) is 4.26. The molecule has 1 aromatic rings. The van der Waals surface area contributed by atoms with Crippen molar-refractivity contribution in [1.82, 2.24) is 0 Å². The van der Waals surface area contributed by atoms with Crippen LogP contribution in [0.2, 0.25) is 0 Å². The molecule has 0 aromatic heterocycles. The maximum absolute atomic E-state index is 5.94. The molecule has 0 atom stereocenters. The predicted octanol–water partition coefficient (Wildman–Crippen LogP) is 4.86. The number of thioether (sulfide) groups is 1. The molecular weight excluding hydrogens is 228 g/mol. The van der Waals surface area contributed by atoms with Crippen LogP contribution in [-0.4, -0.2) is 0 Å². The minimum absolute atomic E-state index is 0.572. The van der Waals surface area contributed by atoms with Crippen LogP contribution in [0.15, 0.2) is 45.9 Å². The van der Waals surface area contributed by atoms with Crippen LogP contribution in [0.4, 0.5) is 0 Å². The van der Waals surface area contributed by atoms with Crippen molar-refractivity contribution in [2.75, 3.05) is 0 Å². The highest BCUT2D eigenvalue weighted by Gasteiger charge is 2.21. The van der Waals surface area contributed by atoms with Gasteiger partial charge in [-0.05, 0) is 42.5 Å². The van der Waals surface area contributed by atoms with Gasteiger partial charge in [-0.1, -0.05) is 37.8 Å². The first kappa shape index (κ1) is 11.0. The molecule has 88 valence electrons. The molecule has 0 N–H and O–H groups in total. The molecule has 0 radical (unpaired) electrons. The maximum atomic E-state index is 5.94. The fourth-order valence-electron chi connectivity index (χ4n) is 2.11. The first-order valence-corrected chi connectivity index (χ1v) is 6.95. The molecule has 17 heavy (non-hydrogen) atoms. The third kappa shape index (κ3) is 2.02. The van der Waals surface area contributed by atoms with Crippen molar-refractivity contribution in [3.8, 4) is 5.75 Å². The summed E-state index contributed by atoms with van der Waals surface area (Å²) in [7, 11) is 0. The Bertz CT molecular complexity index is 512. The van der Waals surface area contributed by atoms with Crippen molar-refractivity contribution in [2.45, 2.75) is 37.5 Å². The Labute approximate surface area is 107 Å². The van der Waals surface area contributed by atoms with Gasteiger partial charge in [0, 0.05) is 4.91 Å². The molecule has 0 saturated heterocycles. The minimum Gasteiger partial charge on any atom is -0.455 e. The molecule has 1 aliphatic heterocycles. The van der Waals surface area contributed by atoms with Crippen LogP contribution < -0.4 is 4.74 Å². The molecule has 2 aliphatic rings. The van der Waals surface area contributed by atoms with Crippen molar-refractivity contribution in [1.29, 1.82) is 0 Å². The van der Waals surface area contributed by atoms with Crippen LogP contribution in [-0.2, 0) is 0 Å². The smallest absolute Gasteiger partial charge is 0.141 e. The summed E-state index contributed by atoms with van der Waals surface area (Å²) >= 11 is 1.88. The van der Waals surface area contributed by atoms with E-state index in [0.29, 0.717) is 5.92 Å². The molecule has 0 bridgehead atoms. The summed E-state index contributed by atoms with van der Waals surface area (Å²) in [6.07, 6.45) is 6.54. The number of rotatable bonds is 1. The van der Waals surface area contributed by atoms with Gasteiger partial charge < -0.3 is 4.74 Å². The second-order valence-electron chi connectivity index (χ2n) is 4.79. The summed E-state index contributed by atoms with van der Waals surface area (Å²) in [5.41, 5.74) is 1.38. The first-order chi connectivity index (χ1) is 8.24. The molecule has 0 unspecified atom stereocenters. The van der Waals surface area contributed by atoms with Crippen molar-refractivity contribution >= 4 is 11.8 Å². The van der Waals surface area contributed by atoms with Crippen molar-refractivity contribution < 1.29 is 4.74 Å². The monoisotopic (exact) mass is 244 g/mol. The van der Waals surface area contributed by atoms with E-state index in [4.69, 9.17) is 4.74 Å². The molecule has 2 heteroatoms. The Morgan fingerprint density at radius 2 is 2.18 bits per heavy atom. The normalized spacial score (nSPS) is 17.8. The van der Waals surface area contributed by atoms with Gasteiger partial charge in [-0.2, -0.15) is 0 Å². The maximum Gasteiger partial charge on any atom is 0.141 e. The van der Waals surface area contributed by atoms with E-state index < -0.39 is 0 Å². The lowest BCUT2D eigenvalue weighted by Crippen LogP contribution is -2.05. The zero-order chi connectivity index (χ0) is 11.8. The van der Waals surface area contributed by atoms with Gasteiger partial charge >= 0.3 is 0 Å². The molecule has 0 saturated carbocycles. The average molecular weight is 244 g/mol. The highest BCUT2D eigenvalue weighted by atomic mass is 32.2. The van der Waals surface area contributed by atoms with Crippen LogP contribution in [0.25, 0.3) is 0 Å². The Balaban J connectivity index is 1.97. The Hall–Kier alpha value is -1.15. The van der Waals surface area contributed by atoms with Crippen molar-refractivity contribution in [3.05, 3.63) is 46.6 Å². The molecular formula is C15H16OS. The van der Waals surface area contributed by atoms with Gasteiger partial charge in [0.2, 0.25) is 0 Å². The lowest BCUT2D eigenvalue weighted by atomic mass is 10.0. The molecule has 3 rings (SSSR count). The van der Waals surface area contributed by atoms with E-state index in [-0.39, 0.29) is 0 Å². The van der Waals surface area contributed by atoms with Crippen molar-refractivity contribution in [3.63, 3.8) is 0 Å². The molecule has 0 fully saturated rings. The van der Waals surface area contributed by atoms with Gasteiger partial charge in [0.15, 0.2) is 0 Å². The van der Waals surface area contributed by atoms with Crippen LogP contribution >= 0.6 is 11.8 Å². The number of hydrogen-bond donors (Lipinski definition) is 0. The SMILES string of the molecule is CC(C)c1ccc2c(c1)SC1=C(C=CCC1)O2. The van der Waals surface area contributed by atoms with Crippen LogP contribution in [0.5, 0.6) is 5.75 Å². The third-order valence-electron chi connectivity index (χ3n) is 3.17. The standard InChI is InChI=1S/C15H16OS/c1-10(2)11-7-8-13-15(9-11)17-14-6-4-3-5-12(14)16-13/h3,5,7-10H,4,6H2,1-2H3. The van der Waals surface area contributed by atoms with E-state index in [1.165, 1.54) is 15.4 Å². The van der Waals surface area contributed by atoms with E-state index in [0.717, 1.165) is 24.4 Å². The fourth-order valence-corrected chi connectivity index (χ4v) is 3.21. The summed E-state index contributed by atoms with van der Waals surface area (Å²) in [4.78, 5) is 2.64. The molecule has 1 aromatic carbocycles. The van der Waals surface area contributed by atoms with E-state index in [1.54, 1.807) is 0 Å². The van der Waals surface area contributed by atoms with Gasteiger partial charge in [-0.3, -0.25) is 0 Å². The summed E-state index contributed by atoms with van der Waals surface area (Å²) in [5, 5.41) is 0. The Morgan fingerprint density at radius 3 is 3.00 bits per heavy atom. The van der Waals surface area contributed by atoms with E-state index in [9.17, 15) is 0 Å². The molecule has 1 aliphatic carbocycles. The van der Waals surface area contributed by atoms with Gasteiger partial charge in [0.1, 0.15) is 11.5 Å². The zero-order valence-corrected chi connectivity index (χ0v) is 11.0. The van der Waals surface area contributed by atoms with Gasteiger partial charge in [-0.25, -0.2) is 0 Å². The van der Waals surface area contributed by atoms with Gasteiger partial charge in [0.25, 0.3) is 0 Å². The Morgan fingerprint density at radius 1 is 1.29 bits per heavy atom. The van der Waals surface area contributed by atoms with Crippen LogP contribution in [0.1, 0.15) is 38.2 Å². The lowest BCUT2D eigenvalue weighted by molar-refractivity contribution is 0.423. The fraction of sp³-hybridized carbons (Fsp3) is 0.333. The number of allylic oxidation sites excluding steroid dienone is 3. The average Bonchev–Trinajstić information content (AvgIpc) is 2.35. The summed E-state index contributed by atoms with van der Waals surface area (Å²) in [5.74, 6) is 2.62. The zero-order valence-electron chi connectivity index (χ0n) is 10.2. The highest BCUT2D eigenvalue weighted by Crippen LogP contribution is 2.45. The van der Waals surface area contributed by atoms with Crippen LogP contribution in [0, 0.1) is 0 Å². The minimum atomic E-state index is 0.572. The molecule has 1 heterocycles. The molecule has 0 amide bonds.